The van der Waals surface area contributed by atoms with Crippen molar-refractivity contribution in [1.29, 1.82) is 0 Å². The van der Waals surface area contributed by atoms with Gasteiger partial charge >= 0.3 is 16.8 Å². The fourth-order valence-electron chi connectivity index (χ4n) is 4.57. The smallest absolute Gasteiger partial charge is 0.550 e. The van der Waals surface area contributed by atoms with Gasteiger partial charge < -0.3 is 30.0 Å². The first-order chi connectivity index (χ1) is 21.9. The Kier molecular flexibility index (Phi) is 16.0. The molecule has 0 aliphatic rings. The molecule has 0 aliphatic heterocycles. The molecule has 48 heavy (non-hydrogen) atoms. The zero-order chi connectivity index (χ0) is 35.4. The minimum absolute atomic E-state index is 0. The SMILES string of the molecule is CC(=O)[O-].CC(=O)[O-].CC(C)(C)c1cc(-c2ccccc2)cc(C=NCN=Cc2cc(-c3ccccc3)cc(C(C)(C)C)c2O)c1O.[Co+2]. The number of carboxylic acid groups (broad SMARTS) is 2. The Morgan fingerprint density at radius 1 is 0.604 bits per heavy atom. The van der Waals surface area contributed by atoms with Crippen LogP contribution in [0.3, 0.4) is 0 Å². The number of hydrogen-bond acceptors (Lipinski definition) is 8. The van der Waals surface area contributed by atoms with Crippen LogP contribution in [0.15, 0.2) is 94.9 Å². The molecule has 4 aromatic rings. The Labute approximate surface area is 294 Å². The fraction of sp³-hybridized carbons (Fsp3) is 0.282. The van der Waals surface area contributed by atoms with Gasteiger partial charge in [-0.15, -0.1) is 0 Å². The van der Waals surface area contributed by atoms with Crippen LogP contribution in [0.2, 0.25) is 0 Å². The molecule has 0 saturated carbocycles. The minimum Gasteiger partial charge on any atom is -0.550 e. The van der Waals surface area contributed by atoms with E-state index in [1.54, 1.807) is 12.4 Å². The van der Waals surface area contributed by atoms with E-state index in [-0.39, 0.29) is 45.8 Å². The van der Waals surface area contributed by atoms with Crippen LogP contribution < -0.4 is 10.2 Å². The zero-order valence-corrected chi connectivity index (χ0v) is 29.7. The Hall–Kier alpha value is -4.73. The normalized spacial score (nSPS) is 11.2. The summed E-state index contributed by atoms with van der Waals surface area (Å²) >= 11 is 0. The van der Waals surface area contributed by atoms with Crippen molar-refractivity contribution in [2.24, 2.45) is 9.98 Å². The predicted molar refractivity (Wildman–Crippen MR) is 186 cm³/mol. The van der Waals surface area contributed by atoms with Crippen LogP contribution in [0.4, 0.5) is 0 Å². The summed E-state index contributed by atoms with van der Waals surface area (Å²) in [4.78, 5) is 26.8. The summed E-state index contributed by atoms with van der Waals surface area (Å²) in [5.74, 6) is -1.70. The van der Waals surface area contributed by atoms with Gasteiger partial charge in [0, 0.05) is 46.6 Å². The first kappa shape index (κ1) is 41.3. The van der Waals surface area contributed by atoms with Crippen LogP contribution in [0, 0.1) is 0 Å². The molecule has 0 amide bonds. The number of benzene rings is 4. The van der Waals surface area contributed by atoms with E-state index in [4.69, 9.17) is 19.8 Å². The summed E-state index contributed by atoms with van der Waals surface area (Å²) < 4.78 is 0. The quantitative estimate of drug-likeness (QED) is 0.236. The molecule has 8 nitrogen and oxygen atoms in total. The third-order valence-electron chi connectivity index (χ3n) is 6.73. The number of phenolic OH excluding ortho intramolecular Hbond substituents is 2. The molecule has 9 heteroatoms. The number of aliphatic carboxylic acids is 2. The van der Waals surface area contributed by atoms with Gasteiger partial charge in [0.25, 0.3) is 0 Å². The third-order valence-corrected chi connectivity index (χ3v) is 6.73. The van der Waals surface area contributed by atoms with Crippen LogP contribution in [0.5, 0.6) is 11.5 Å². The number of nitrogens with zero attached hydrogens (tertiary/aromatic N) is 2. The second-order valence-corrected chi connectivity index (χ2v) is 12.9. The molecule has 0 spiro atoms. The average molecular weight is 696 g/mol. The summed E-state index contributed by atoms with van der Waals surface area (Å²) in [6.07, 6.45) is 3.35. The van der Waals surface area contributed by atoms with Crippen molar-refractivity contribution in [1.82, 2.24) is 0 Å². The molecular weight excluding hydrogens is 651 g/mol. The van der Waals surface area contributed by atoms with Gasteiger partial charge in [0.05, 0.1) is 0 Å². The van der Waals surface area contributed by atoms with Gasteiger partial charge in [-0.25, -0.2) is 0 Å². The first-order valence-electron chi connectivity index (χ1n) is 15.1. The Bertz CT molecular complexity index is 1570. The summed E-state index contributed by atoms with van der Waals surface area (Å²) in [7, 11) is 0. The summed E-state index contributed by atoms with van der Waals surface area (Å²) in [6.45, 7) is 14.6. The van der Waals surface area contributed by atoms with Crippen molar-refractivity contribution in [3.05, 3.63) is 107 Å². The van der Waals surface area contributed by atoms with E-state index in [0.29, 0.717) is 11.1 Å². The van der Waals surface area contributed by atoms with Gasteiger partial charge in [-0.2, -0.15) is 0 Å². The van der Waals surface area contributed by atoms with Crippen LogP contribution in [-0.4, -0.2) is 41.2 Å². The van der Waals surface area contributed by atoms with Gasteiger partial charge in [-0.3, -0.25) is 9.98 Å². The van der Waals surface area contributed by atoms with Gasteiger partial charge in [0.15, 0.2) is 0 Å². The standard InChI is InChI=1S/C35H38N2O2.2C2H4O2.Co/c1-34(2,3)30-19-26(24-13-9-7-10-14-24)17-28(32(30)38)21-36-23-37-22-29-18-27(25-15-11-8-12-16-25)20-31(33(29)39)35(4,5)6;2*1-2(3)4;/h7-22,38-39H,23H2,1-6H3;2*1H3,(H,3,4);/q;;;+2/p-2. The van der Waals surface area contributed by atoms with E-state index in [2.05, 4.69) is 87.9 Å². The second kappa shape index (κ2) is 18.6. The van der Waals surface area contributed by atoms with E-state index in [1.165, 1.54) is 0 Å². The number of carboxylic acids is 2. The summed E-state index contributed by atoms with van der Waals surface area (Å²) in [5.41, 5.74) is 6.79. The van der Waals surface area contributed by atoms with Gasteiger partial charge in [0.2, 0.25) is 0 Å². The molecule has 0 fully saturated rings. The van der Waals surface area contributed by atoms with E-state index >= 15 is 0 Å². The molecule has 0 bridgehead atoms. The molecule has 255 valence electrons. The average Bonchev–Trinajstić information content (AvgIpc) is 2.97. The van der Waals surface area contributed by atoms with Crippen molar-refractivity contribution in [3.63, 3.8) is 0 Å². The molecule has 0 heterocycles. The number of phenols is 2. The predicted octanol–water partition coefficient (Wildman–Crippen LogP) is 6.03. The van der Waals surface area contributed by atoms with E-state index in [1.807, 2.05) is 48.5 Å². The number of carbonyl (C=O) groups excluding carboxylic acids is 2. The summed E-state index contributed by atoms with van der Waals surface area (Å²) in [5, 5.41) is 39.9. The van der Waals surface area contributed by atoms with Gasteiger partial charge in [0.1, 0.15) is 18.2 Å². The molecule has 0 atom stereocenters. The second-order valence-electron chi connectivity index (χ2n) is 12.9. The number of hydrogen-bond donors (Lipinski definition) is 2. The van der Waals surface area contributed by atoms with Crippen molar-refractivity contribution >= 4 is 24.4 Å². The molecule has 4 aromatic carbocycles. The first-order valence-corrected chi connectivity index (χ1v) is 15.1. The maximum atomic E-state index is 11.0. The zero-order valence-electron chi connectivity index (χ0n) is 28.7. The monoisotopic (exact) mass is 695 g/mol. The number of aromatic hydroxyl groups is 2. The molecule has 0 aromatic heterocycles. The molecular formula is C39H44CoN2O6. The van der Waals surface area contributed by atoms with Crippen molar-refractivity contribution in [2.75, 3.05) is 6.67 Å². The summed E-state index contributed by atoms with van der Waals surface area (Å²) in [6, 6.07) is 28.3. The Morgan fingerprint density at radius 3 is 1.17 bits per heavy atom. The fourth-order valence-corrected chi connectivity index (χ4v) is 4.57. The van der Waals surface area contributed by atoms with Crippen LogP contribution in [0.1, 0.15) is 77.6 Å². The molecule has 2 N–H and O–H groups in total. The van der Waals surface area contributed by atoms with E-state index < -0.39 is 11.9 Å². The van der Waals surface area contributed by atoms with E-state index in [9.17, 15) is 10.2 Å². The number of aliphatic imine (C=N–C) groups is 2. The number of rotatable bonds is 6. The molecule has 0 aliphatic carbocycles. The van der Waals surface area contributed by atoms with Crippen LogP contribution >= 0.6 is 0 Å². The van der Waals surface area contributed by atoms with Crippen molar-refractivity contribution in [3.8, 4) is 33.8 Å². The third kappa shape index (κ3) is 13.2. The molecule has 0 unspecified atom stereocenters. The van der Waals surface area contributed by atoms with Crippen LogP contribution in [0.25, 0.3) is 22.3 Å². The van der Waals surface area contributed by atoms with Crippen molar-refractivity contribution in [2.45, 2.75) is 66.2 Å². The van der Waals surface area contributed by atoms with Crippen LogP contribution in [-0.2, 0) is 37.2 Å². The molecule has 1 radical (unpaired) electrons. The van der Waals surface area contributed by atoms with Gasteiger partial charge in [-0.1, -0.05) is 102 Å². The van der Waals surface area contributed by atoms with E-state index in [0.717, 1.165) is 47.2 Å². The Balaban J connectivity index is 0.00000115. The molecule has 0 saturated heterocycles. The maximum absolute atomic E-state index is 11.0. The number of carbonyl (C=O) groups is 2. The minimum atomic E-state index is -1.08. The maximum Gasteiger partial charge on any atom is 2.00 e. The van der Waals surface area contributed by atoms with Gasteiger partial charge in [-0.05, 0) is 71.2 Å². The molecule has 4 rings (SSSR count). The van der Waals surface area contributed by atoms with Crippen molar-refractivity contribution < 1.29 is 46.8 Å². The Morgan fingerprint density at radius 2 is 0.896 bits per heavy atom. The topological polar surface area (TPSA) is 145 Å². The largest absolute Gasteiger partial charge is 2.00 e.